The van der Waals surface area contributed by atoms with E-state index in [0.717, 1.165) is 25.9 Å². The van der Waals surface area contributed by atoms with Crippen LogP contribution in [-0.2, 0) is 7.05 Å². The van der Waals surface area contributed by atoms with Gasteiger partial charge in [0, 0.05) is 38.4 Å². The molecule has 0 bridgehead atoms. The number of anilines is 1. The van der Waals surface area contributed by atoms with Gasteiger partial charge in [-0.15, -0.1) is 0 Å². The number of rotatable bonds is 2. The number of nitrogens with zero attached hydrogens (tertiary/aromatic N) is 3. The molecule has 0 spiro atoms. The van der Waals surface area contributed by atoms with Gasteiger partial charge in [-0.2, -0.15) is 0 Å². The smallest absolute Gasteiger partial charge is 0.293 e. The average molecular weight is 235 g/mol. The summed E-state index contributed by atoms with van der Waals surface area (Å²) in [6, 6.07) is 0. The Morgan fingerprint density at radius 2 is 2.18 bits per heavy atom. The fourth-order valence-corrected chi connectivity index (χ4v) is 2.10. The standard InChI is InChI=1S/C11H17N5O/c1-15-7-4-14-10(11(15)17)16-5-2-8(3-6-16)9(12)13/h4,7-8H,2-3,5-6H2,1H3,(H3,12,13). The Morgan fingerprint density at radius 3 is 2.76 bits per heavy atom. The number of aromatic nitrogens is 2. The second-order valence-electron chi connectivity index (χ2n) is 4.38. The lowest BCUT2D eigenvalue weighted by Gasteiger charge is -2.31. The summed E-state index contributed by atoms with van der Waals surface area (Å²) in [5.74, 6) is 0.898. The van der Waals surface area contributed by atoms with Crippen molar-refractivity contribution in [2.45, 2.75) is 12.8 Å². The van der Waals surface area contributed by atoms with E-state index < -0.39 is 0 Å². The van der Waals surface area contributed by atoms with Crippen LogP contribution < -0.4 is 16.2 Å². The summed E-state index contributed by atoms with van der Waals surface area (Å²) in [5, 5.41) is 7.41. The van der Waals surface area contributed by atoms with Crippen LogP contribution in [0, 0.1) is 11.3 Å². The second-order valence-corrected chi connectivity index (χ2v) is 4.38. The first kappa shape index (κ1) is 11.6. The molecule has 0 saturated carbocycles. The minimum atomic E-state index is -0.0752. The zero-order valence-electron chi connectivity index (χ0n) is 9.89. The van der Waals surface area contributed by atoms with Gasteiger partial charge in [-0.3, -0.25) is 10.2 Å². The van der Waals surface area contributed by atoms with Gasteiger partial charge in [0.05, 0.1) is 5.84 Å². The van der Waals surface area contributed by atoms with Crippen LogP contribution in [0.3, 0.4) is 0 Å². The maximum absolute atomic E-state index is 11.9. The van der Waals surface area contributed by atoms with Crippen molar-refractivity contribution in [3.8, 4) is 0 Å². The van der Waals surface area contributed by atoms with Crippen molar-refractivity contribution < 1.29 is 0 Å². The maximum Gasteiger partial charge on any atom is 0.293 e. The summed E-state index contributed by atoms with van der Waals surface area (Å²) < 4.78 is 1.53. The Labute approximate surface area is 99.6 Å². The lowest BCUT2D eigenvalue weighted by Crippen LogP contribution is -2.41. The summed E-state index contributed by atoms with van der Waals surface area (Å²) in [4.78, 5) is 18.0. The SMILES string of the molecule is Cn1ccnc(N2CCC(C(=N)N)CC2)c1=O. The van der Waals surface area contributed by atoms with Crippen LogP contribution in [0.15, 0.2) is 17.2 Å². The summed E-state index contributed by atoms with van der Waals surface area (Å²) >= 11 is 0. The van der Waals surface area contributed by atoms with Crippen LogP contribution in [0.5, 0.6) is 0 Å². The zero-order valence-corrected chi connectivity index (χ0v) is 9.89. The van der Waals surface area contributed by atoms with Crippen LogP contribution in [0.4, 0.5) is 5.82 Å². The third kappa shape index (κ3) is 2.30. The summed E-state index contributed by atoms with van der Waals surface area (Å²) in [7, 11) is 1.72. The fourth-order valence-electron chi connectivity index (χ4n) is 2.10. The second kappa shape index (κ2) is 4.57. The summed E-state index contributed by atoms with van der Waals surface area (Å²) in [5.41, 5.74) is 5.41. The Balaban J connectivity index is 2.13. The van der Waals surface area contributed by atoms with Gasteiger partial charge in [-0.05, 0) is 12.8 Å². The molecule has 1 aliphatic rings. The molecule has 6 nitrogen and oxygen atoms in total. The van der Waals surface area contributed by atoms with Crippen molar-refractivity contribution in [2.24, 2.45) is 18.7 Å². The molecule has 3 N–H and O–H groups in total. The quantitative estimate of drug-likeness (QED) is 0.555. The third-order valence-corrected chi connectivity index (χ3v) is 3.23. The topological polar surface area (TPSA) is 88.0 Å². The molecule has 0 aromatic carbocycles. The van der Waals surface area contributed by atoms with Crippen LogP contribution in [0.2, 0.25) is 0 Å². The summed E-state index contributed by atoms with van der Waals surface area (Å²) in [6.45, 7) is 1.47. The van der Waals surface area contributed by atoms with Crippen molar-refractivity contribution in [1.82, 2.24) is 9.55 Å². The number of piperidine rings is 1. The molecular formula is C11H17N5O. The van der Waals surface area contributed by atoms with Crippen molar-refractivity contribution in [3.63, 3.8) is 0 Å². The monoisotopic (exact) mass is 235 g/mol. The largest absolute Gasteiger partial charge is 0.387 e. The first-order valence-corrected chi connectivity index (χ1v) is 5.70. The molecule has 0 atom stereocenters. The molecule has 6 heteroatoms. The van der Waals surface area contributed by atoms with Crippen LogP contribution in [0.25, 0.3) is 0 Å². The van der Waals surface area contributed by atoms with Gasteiger partial charge in [0.15, 0.2) is 5.82 Å². The van der Waals surface area contributed by atoms with E-state index in [2.05, 4.69) is 4.98 Å². The molecule has 0 aliphatic carbocycles. The molecule has 92 valence electrons. The number of hydrogen-bond donors (Lipinski definition) is 2. The van der Waals surface area contributed by atoms with E-state index in [1.807, 2.05) is 4.90 Å². The van der Waals surface area contributed by atoms with E-state index in [9.17, 15) is 4.79 Å². The number of aryl methyl sites for hydroxylation is 1. The van der Waals surface area contributed by atoms with E-state index in [4.69, 9.17) is 11.1 Å². The van der Waals surface area contributed by atoms with Gasteiger partial charge in [-0.1, -0.05) is 0 Å². The summed E-state index contributed by atoms with van der Waals surface area (Å²) in [6.07, 6.45) is 4.91. The van der Waals surface area contributed by atoms with E-state index in [0.29, 0.717) is 5.82 Å². The highest BCUT2D eigenvalue weighted by atomic mass is 16.1. The Kier molecular flexibility index (Phi) is 3.12. The first-order valence-electron chi connectivity index (χ1n) is 5.70. The van der Waals surface area contributed by atoms with Gasteiger partial charge in [-0.25, -0.2) is 4.98 Å². The van der Waals surface area contributed by atoms with E-state index in [1.54, 1.807) is 19.4 Å². The van der Waals surface area contributed by atoms with Crippen LogP contribution >= 0.6 is 0 Å². The highest BCUT2D eigenvalue weighted by Gasteiger charge is 2.23. The highest BCUT2D eigenvalue weighted by Crippen LogP contribution is 2.19. The Morgan fingerprint density at radius 1 is 1.53 bits per heavy atom. The van der Waals surface area contributed by atoms with Crippen molar-refractivity contribution in [2.75, 3.05) is 18.0 Å². The fraction of sp³-hybridized carbons (Fsp3) is 0.545. The number of nitrogens with two attached hydrogens (primary N) is 1. The number of amidine groups is 1. The molecule has 0 radical (unpaired) electrons. The minimum Gasteiger partial charge on any atom is -0.387 e. The number of hydrogen-bond acceptors (Lipinski definition) is 4. The Bertz CT molecular complexity index is 473. The molecule has 17 heavy (non-hydrogen) atoms. The molecule has 1 aromatic heterocycles. The molecule has 1 aromatic rings. The Hall–Kier alpha value is -1.85. The molecule has 0 unspecified atom stereocenters. The number of nitrogens with one attached hydrogen (secondary N) is 1. The lowest BCUT2D eigenvalue weighted by molar-refractivity contribution is 0.493. The molecule has 1 aliphatic heterocycles. The van der Waals surface area contributed by atoms with Gasteiger partial charge < -0.3 is 15.2 Å². The molecule has 1 fully saturated rings. The van der Waals surface area contributed by atoms with Crippen LogP contribution in [0.1, 0.15) is 12.8 Å². The average Bonchev–Trinajstić information content (AvgIpc) is 2.33. The predicted octanol–water partition coefficient (Wildman–Crippen LogP) is -0.0673. The van der Waals surface area contributed by atoms with Crippen LogP contribution in [-0.4, -0.2) is 28.5 Å². The maximum atomic E-state index is 11.9. The van der Waals surface area contributed by atoms with E-state index >= 15 is 0 Å². The van der Waals surface area contributed by atoms with Gasteiger partial charge in [0.25, 0.3) is 5.56 Å². The predicted molar refractivity (Wildman–Crippen MR) is 66.3 cm³/mol. The van der Waals surface area contributed by atoms with Gasteiger partial charge >= 0.3 is 0 Å². The first-order chi connectivity index (χ1) is 8.09. The zero-order chi connectivity index (χ0) is 12.4. The molecule has 1 saturated heterocycles. The van der Waals surface area contributed by atoms with E-state index in [-0.39, 0.29) is 17.3 Å². The molecule has 2 heterocycles. The van der Waals surface area contributed by atoms with Gasteiger partial charge in [0.2, 0.25) is 0 Å². The third-order valence-electron chi connectivity index (χ3n) is 3.23. The van der Waals surface area contributed by atoms with Gasteiger partial charge in [0.1, 0.15) is 0 Å². The normalized spacial score (nSPS) is 17.1. The highest BCUT2D eigenvalue weighted by molar-refractivity contribution is 5.79. The minimum absolute atomic E-state index is 0.0752. The van der Waals surface area contributed by atoms with Crippen molar-refractivity contribution >= 4 is 11.7 Å². The molecule has 0 amide bonds. The lowest BCUT2D eigenvalue weighted by atomic mass is 9.96. The molecular weight excluding hydrogens is 218 g/mol. The van der Waals surface area contributed by atoms with E-state index in [1.165, 1.54) is 4.57 Å². The molecule has 2 rings (SSSR count). The van der Waals surface area contributed by atoms with Crippen molar-refractivity contribution in [1.29, 1.82) is 5.41 Å². The van der Waals surface area contributed by atoms with Crippen molar-refractivity contribution in [3.05, 3.63) is 22.7 Å².